The highest BCUT2D eigenvalue weighted by Crippen LogP contribution is 2.29. The van der Waals surface area contributed by atoms with E-state index in [0.29, 0.717) is 17.9 Å². The number of hydrogen-bond donors (Lipinski definition) is 1. The molecule has 3 unspecified atom stereocenters. The molecule has 1 fully saturated rings. The first-order chi connectivity index (χ1) is 8.59. The van der Waals surface area contributed by atoms with Crippen LogP contribution < -0.4 is 5.32 Å². The number of benzene rings is 1. The fraction of sp³-hybridized carbons (Fsp3) is 0.533. The Balaban J connectivity index is 2.05. The van der Waals surface area contributed by atoms with Crippen molar-refractivity contribution < 1.29 is 4.79 Å². The minimum Gasteiger partial charge on any atom is -0.349 e. The second kappa shape index (κ2) is 6.04. The predicted molar refractivity (Wildman–Crippen MR) is 82.6 cm³/mol. The number of hydrogen-bond acceptors (Lipinski definition) is 1. The van der Waals surface area contributed by atoms with Gasteiger partial charge in [0.15, 0.2) is 0 Å². The Morgan fingerprint density at radius 3 is 2.72 bits per heavy atom. The van der Waals surface area contributed by atoms with E-state index >= 15 is 0 Å². The van der Waals surface area contributed by atoms with Gasteiger partial charge in [-0.05, 0) is 53.0 Å². The third-order valence-electron chi connectivity index (χ3n) is 4.14. The van der Waals surface area contributed by atoms with E-state index in [9.17, 15) is 4.79 Å². The van der Waals surface area contributed by atoms with Crippen molar-refractivity contribution in [1.29, 1.82) is 0 Å². The SMILES string of the molecule is CC1CCCC(NC(=O)c2ccccc2I)C1C. The maximum Gasteiger partial charge on any atom is 0.252 e. The number of halogens is 1. The molecule has 1 saturated carbocycles. The van der Waals surface area contributed by atoms with Gasteiger partial charge in [-0.3, -0.25) is 4.79 Å². The molecule has 1 aromatic carbocycles. The van der Waals surface area contributed by atoms with E-state index in [0.717, 1.165) is 15.6 Å². The van der Waals surface area contributed by atoms with Gasteiger partial charge in [-0.25, -0.2) is 0 Å². The minimum atomic E-state index is 0.0750. The molecular formula is C15H20INO. The molecule has 0 saturated heterocycles. The summed E-state index contributed by atoms with van der Waals surface area (Å²) < 4.78 is 1.02. The number of amides is 1. The first kappa shape index (κ1) is 13.8. The van der Waals surface area contributed by atoms with E-state index in [4.69, 9.17) is 0 Å². The monoisotopic (exact) mass is 357 g/mol. The largest absolute Gasteiger partial charge is 0.349 e. The molecule has 0 aliphatic heterocycles. The number of nitrogens with one attached hydrogen (secondary N) is 1. The van der Waals surface area contributed by atoms with Crippen LogP contribution in [0, 0.1) is 15.4 Å². The Kier molecular flexibility index (Phi) is 4.65. The fourth-order valence-electron chi connectivity index (χ4n) is 2.68. The highest BCUT2D eigenvalue weighted by molar-refractivity contribution is 14.1. The quantitative estimate of drug-likeness (QED) is 0.801. The summed E-state index contributed by atoms with van der Waals surface area (Å²) in [6.45, 7) is 4.54. The van der Waals surface area contributed by atoms with Crippen LogP contribution in [0.1, 0.15) is 43.5 Å². The van der Waals surface area contributed by atoms with Crippen molar-refractivity contribution in [2.24, 2.45) is 11.8 Å². The molecule has 1 aliphatic rings. The molecule has 3 atom stereocenters. The van der Waals surface area contributed by atoms with Crippen LogP contribution in [0.2, 0.25) is 0 Å². The molecule has 0 radical (unpaired) electrons. The third kappa shape index (κ3) is 3.05. The molecule has 1 aromatic rings. The summed E-state index contributed by atoms with van der Waals surface area (Å²) in [5.41, 5.74) is 0.795. The Morgan fingerprint density at radius 2 is 2.00 bits per heavy atom. The Hall–Kier alpha value is -0.580. The van der Waals surface area contributed by atoms with Crippen LogP contribution in [0.15, 0.2) is 24.3 Å². The van der Waals surface area contributed by atoms with Crippen LogP contribution in [0.3, 0.4) is 0 Å². The molecule has 2 nitrogen and oxygen atoms in total. The molecule has 1 amide bonds. The number of carbonyl (C=O) groups excluding carboxylic acids is 1. The summed E-state index contributed by atoms with van der Waals surface area (Å²) in [4.78, 5) is 12.3. The van der Waals surface area contributed by atoms with Gasteiger partial charge in [0, 0.05) is 9.61 Å². The maximum atomic E-state index is 12.3. The summed E-state index contributed by atoms with van der Waals surface area (Å²) in [5.74, 6) is 1.36. The van der Waals surface area contributed by atoms with Crippen molar-refractivity contribution in [2.75, 3.05) is 0 Å². The van der Waals surface area contributed by atoms with Crippen LogP contribution in [0.4, 0.5) is 0 Å². The summed E-state index contributed by atoms with van der Waals surface area (Å²) in [7, 11) is 0. The van der Waals surface area contributed by atoms with E-state index in [1.807, 2.05) is 24.3 Å². The van der Waals surface area contributed by atoms with Gasteiger partial charge in [0.2, 0.25) is 0 Å². The van der Waals surface area contributed by atoms with Crippen LogP contribution in [0.5, 0.6) is 0 Å². The summed E-state index contributed by atoms with van der Waals surface area (Å²) in [5, 5.41) is 3.21. The lowest BCUT2D eigenvalue weighted by atomic mass is 9.78. The molecule has 0 bridgehead atoms. The van der Waals surface area contributed by atoms with Gasteiger partial charge >= 0.3 is 0 Å². The Labute approximate surface area is 123 Å². The van der Waals surface area contributed by atoms with Gasteiger partial charge in [-0.1, -0.05) is 38.8 Å². The van der Waals surface area contributed by atoms with Crippen molar-refractivity contribution in [2.45, 2.75) is 39.2 Å². The second-order valence-electron chi connectivity index (χ2n) is 5.33. The van der Waals surface area contributed by atoms with Crippen LogP contribution in [-0.2, 0) is 0 Å². The van der Waals surface area contributed by atoms with Crippen LogP contribution in [0.25, 0.3) is 0 Å². The molecule has 0 spiro atoms. The van der Waals surface area contributed by atoms with Crippen molar-refractivity contribution in [1.82, 2.24) is 5.32 Å². The van der Waals surface area contributed by atoms with Gasteiger partial charge in [-0.2, -0.15) is 0 Å². The molecule has 3 heteroatoms. The Bertz CT molecular complexity index is 432. The molecule has 2 rings (SSSR count). The van der Waals surface area contributed by atoms with Crippen molar-refractivity contribution in [3.63, 3.8) is 0 Å². The van der Waals surface area contributed by atoms with Gasteiger partial charge in [0.25, 0.3) is 5.91 Å². The molecule has 0 aromatic heterocycles. The van der Waals surface area contributed by atoms with Crippen LogP contribution >= 0.6 is 22.6 Å². The number of rotatable bonds is 2. The smallest absolute Gasteiger partial charge is 0.252 e. The van der Waals surface area contributed by atoms with Crippen molar-refractivity contribution in [3.05, 3.63) is 33.4 Å². The molecule has 0 heterocycles. The zero-order valence-electron chi connectivity index (χ0n) is 10.9. The third-order valence-corrected chi connectivity index (χ3v) is 5.08. The lowest BCUT2D eigenvalue weighted by molar-refractivity contribution is 0.0890. The summed E-state index contributed by atoms with van der Waals surface area (Å²) >= 11 is 2.22. The highest BCUT2D eigenvalue weighted by atomic mass is 127. The summed E-state index contributed by atoms with van der Waals surface area (Å²) in [6, 6.07) is 8.09. The average Bonchev–Trinajstić information content (AvgIpc) is 2.35. The topological polar surface area (TPSA) is 29.1 Å². The first-order valence-corrected chi connectivity index (χ1v) is 7.73. The second-order valence-corrected chi connectivity index (χ2v) is 6.49. The van der Waals surface area contributed by atoms with Crippen molar-refractivity contribution >= 4 is 28.5 Å². The minimum absolute atomic E-state index is 0.0750. The molecule has 1 aliphatic carbocycles. The van der Waals surface area contributed by atoms with Crippen LogP contribution in [-0.4, -0.2) is 11.9 Å². The zero-order valence-corrected chi connectivity index (χ0v) is 13.1. The van der Waals surface area contributed by atoms with Gasteiger partial charge in [-0.15, -0.1) is 0 Å². The van der Waals surface area contributed by atoms with E-state index in [-0.39, 0.29) is 5.91 Å². The standard InChI is InChI=1S/C15H20INO/c1-10-6-5-9-14(11(10)2)17-15(18)12-7-3-4-8-13(12)16/h3-4,7-8,10-11,14H,5-6,9H2,1-2H3,(H,17,18). The van der Waals surface area contributed by atoms with E-state index in [1.54, 1.807) is 0 Å². The number of carbonyl (C=O) groups is 1. The fourth-order valence-corrected chi connectivity index (χ4v) is 3.31. The normalized spacial score (nSPS) is 27.8. The zero-order chi connectivity index (χ0) is 13.1. The molecule has 1 N–H and O–H groups in total. The van der Waals surface area contributed by atoms with Gasteiger partial charge in [0.1, 0.15) is 0 Å². The van der Waals surface area contributed by atoms with E-state index in [2.05, 4.69) is 41.8 Å². The molecule has 18 heavy (non-hydrogen) atoms. The molecule has 98 valence electrons. The van der Waals surface area contributed by atoms with E-state index in [1.165, 1.54) is 12.8 Å². The van der Waals surface area contributed by atoms with Crippen molar-refractivity contribution in [3.8, 4) is 0 Å². The lowest BCUT2D eigenvalue weighted by Gasteiger charge is -2.34. The average molecular weight is 357 g/mol. The lowest BCUT2D eigenvalue weighted by Crippen LogP contribution is -2.43. The first-order valence-electron chi connectivity index (χ1n) is 6.65. The van der Waals surface area contributed by atoms with Gasteiger partial charge < -0.3 is 5.32 Å². The molecular weight excluding hydrogens is 337 g/mol. The highest BCUT2D eigenvalue weighted by Gasteiger charge is 2.28. The van der Waals surface area contributed by atoms with E-state index < -0.39 is 0 Å². The Morgan fingerprint density at radius 1 is 1.28 bits per heavy atom. The summed E-state index contributed by atoms with van der Waals surface area (Å²) in [6.07, 6.45) is 3.62. The predicted octanol–water partition coefficient (Wildman–Crippen LogP) is 3.85. The van der Waals surface area contributed by atoms with Gasteiger partial charge in [0.05, 0.1) is 5.56 Å². The maximum absolute atomic E-state index is 12.3.